The molecule has 0 bridgehead atoms. The van der Waals surface area contributed by atoms with E-state index in [0.717, 1.165) is 0 Å². The van der Waals surface area contributed by atoms with Crippen LogP contribution in [0.2, 0.25) is 0 Å². The third-order valence-corrected chi connectivity index (χ3v) is 1.89. The van der Waals surface area contributed by atoms with Gasteiger partial charge in [-0.15, -0.1) is 6.53 Å². The average Bonchev–Trinajstić information content (AvgIpc) is 1.88. The monoisotopic (exact) mass is 112 g/mol. The summed E-state index contributed by atoms with van der Waals surface area (Å²) >= 11 is 0. The van der Waals surface area contributed by atoms with E-state index >= 15 is 0 Å². The Morgan fingerprint density at radius 1 is 1.38 bits per heavy atom. The molecule has 0 unspecified atom stereocenters. The normalized spacial score (nSPS) is 26.0. The molecule has 0 amide bonds. The topological polar surface area (TPSA) is 0 Å². The Kier molecular flexibility index (Phi) is 1.35. The lowest BCUT2D eigenvalue weighted by Gasteiger charge is -2.16. The predicted molar refractivity (Wildman–Crippen MR) is 36.8 cm³/mol. The number of hydrogen-bond donors (Lipinski definition) is 0. The summed E-state index contributed by atoms with van der Waals surface area (Å²) in [5.41, 5.74) is 0. The van der Waals surface area contributed by atoms with Gasteiger partial charge < -0.3 is 0 Å². The Morgan fingerprint density at radius 3 is 2.75 bits per heavy atom. The number of rotatable bonds is 1. The third-order valence-electron chi connectivity index (χ3n) is 1.89. The molecule has 0 aliphatic heterocycles. The molecule has 1 saturated carbocycles. The first-order valence-electron chi connectivity index (χ1n) is 4.44. The van der Waals surface area contributed by atoms with Gasteiger partial charge >= 0.3 is 0 Å². The van der Waals surface area contributed by atoms with Crippen molar-refractivity contribution < 1.29 is 2.74 Å². The number of allylic oxidation sites excluding steroid dienone is 1. The van der Waals surface area contributed by atoms with E-state index in [1.54, 1.807) is 6.08 Å². The molecular weight excluding hydrogens is 96.1 g/mol. The molecule has 0 spiro atoms. The van der Waals surface area contributed by atoms with Gasteiger partial charge in [0.2, 0.25) is 0 Å². The fraction of sp³-hybridized carbons (Fsp3) is 0.750. The highest BCUT2D eigenvalue weighted by molar-refractivity contribution is 4.80. The van der Waals surface area contributed by atoms with Gasteiger partial charge in [0.15, 0.2) is 0 Å². The Bertz CT molecular complexity index is 119. The van der Waals surface area contributed by atoms with Crippen molar-refractivity contribution >= 4 is 0 Å². The molecule has 1 rings (SSSR count). The van der Waals surface area contributed by atoms with Crippen LogP contribution in [-0.2, 0) is 0 Å². The van der Waals surface area contributed by atoms with Crippen molar-refractivity contribution in [3.63, 3.8) is 0 Å². The van der Waals surface area contributed by atoms with Crippen LogP contribution < -0.4 is 0 Å². The molecule has 0 aromatic rings. The van der Waals surface area contributed by atoms with Gasteiger partial charge in [0.25, 0.3) is 0 Å². The van der Waals surface area contributed by atoms with Gasteiger partial charge in [0.05, 0.1) is 2.74 Å². The molecule has 0 aromatic heterocycles. The molecule has 46 valence electrons. The Hall–Kier alpha value is -0.260. The molecule has 0 nitrogen and oxygen atoms in total. The van der Waals surface area contributed by atoms with E-state index in [9.17, 15) is 0 Å². The van der Waals surface area contributed by atoms with E-state index in [0.29, 0.717) is 5.92 Å². The molecule has 1 aliphatic rings. The zero-order valence-corrected chi connectivity index (χ0v) is 5.19. The van der Waals surface area contributed by atoms with Gasteiger partial charge in [-0.1, -0.05) is 25.3 Å². The summed E-state index contributed by atoms with van der Waals surface area (Å²) in [6, 6.07) is 0. The quantitative estimate of drug-likeness (QED) is 0.457. The van der Waals surface area contributed by atoms with Gasteiger partial charge in [-0.3, -0.25) is 0 Å². The minimum absolute atomic E-state index is 0.00750. The van der Waals surface area contributed by atoms with E-state index in [2.05, 4.69) is 0 Å². The molecule has 0 heterocycles. The Morgan fingerprint density at radius 2 is 2.12 bits per heavy atom. The molecule has 0 N–H and O–H groups in total. The first-order chi connectivity index (χ1) is 4.79. The van der Waals surface area contributed by atoms with E-state index in [4.69, 9.17) is 2.74 Å². The van der Waals surface area contributed by atoms with Crippen LogP contribution in [0.3, 0.4) is 0 Å². The molecule has 0 heteroatoms. The van der Waals surface area contributed by atoms with Crippen molar-refractivity contribution in [1.82, 2.24) is 0 Å². The average molecular weight is 112 g/mol. The van der Waals surface area contributed by atoms with E-state index in [1.807, 2.05) is 0 Å². The van der Waals surface area contributed by atoms with Crippen molar-refractivity contribution in [3.8, 4) is 0 Å². The van der Waals surface area contributed by atoms with Crippen LogP contribution in [0.5, 0.6) is 0 Å². The minimum atomic E-state index is -0.00750. The lowest BCUT2D eigenvalue weighted by molar-refractivity contribution is 0.420. The Balaban J connectivity index is 2.33. The maximum Gasteiger partial charge on any atom is 0.0535 e. The standard InChI is InChI=1S/C8H14/c1-2-8-6-4-3-5-7-8/h2,8H,1,3-7H2/i1D2. The molecular formula is C8H14. The first kappa shape index (κ1) is 3.71. The largest absolute Gasteiger partial charge is 0.103 e. The van der Waals surface area contributed by atoms with Crippen molar-refractivity contribution in [1.29, 1.82) is 0 Å². The zero-order valence-electron chi connectivity index (χ0n) is 7.19. The van der Waals surface area contributed by atoms with Crippen molar-refractivity contribution in [2.75, 3.05) is 0 Å². The maximum absolute atomic E-state index is 6.94. The predicted octanol–water partition coefficient (Wildman–Crippen LogP) is 2.75. The van der Waals surface area contributed by atoms with Crippen LogP contribution in [0.1, 0.15) is 34.8 Å². The lowest BCUT2D eigenvalue weighted by atomic mass is 9.90. The van der Waals surface area contributed by atoms with E-state index in [1.165, 1.54) is 32.1 Å². The van der Waals surface area contributed by atoms with Crippen molar-refractivity contribution in [3.05, 3.63) is 12.6 Å². The highest BCUT2D eigenvalue weighted by Gasteiger charge is 2.07. The molecule has 0 saturated heterocycles. The second-order valence-electron chi connectivity index (χ2n) is 2.56. The van der Waals surface area contributed by atoms with Crippen LogP contribution in [0.15, 0.2) is 12.6 Å². The minimum Gasteiger partial charge on any atom is -0.103 e. The summed E-state index contributed by atoms with van der Waals surface area (Å²) in [6.45, 7) is -0.00750. The summed E-state index contributed by atoms with van der Waals surface area (Å²) < 4.78 is 13.9. The maximum atomic E-state index is 6.94. The van der Waals surface area contributed by atoms with Gasteiger partial charge in [0.1, 0.15) is 0 Å². The van der Waals surface area contributed by atoms with Crippen LogP contribution in [0, 0.1) is 5.92 Å². The fourth-order valence-corrected chi connectivity index (χ4v) is 1.30. The smallest absolute Gasteiger partial charge is 0.0535 e. The summed E-state index contributed by atoms with van der Waals surface area (Å²) in [6.07, 6.45) is 8.08. The van der Waals surface area contributed by atoms with E-state index < -0.39 is 0 Å². The SMILES string of the molecule is [2H]C([2H])=CC1CCCCC1. The summed E-state index contributed by atoms with van der Waals surface area (Å²) in [5, 5.41) is 0. The van der Waals surface area contributed by atoms with Crippen LogP contribution in [0.25, 0.3) is 0 Å². The van der Waals surface area contributed by atoms with Crippen molar-refractivity contribution in [2.45, 2.75) is 32.1 Å². The van der Waals surface area contributed by atoms with Gasteiger partial charge in [-0.25, -0.2) is 0 Å². The van der Waals surface area contributed by atoms with Crippen LogP contribution in [0.4, 0.5) is 0 Å². The van der Waals surface area contributed by atoms with Gasteiger partial charge in [0, 0.05) is 0 Å². The van der Waals surface area contributed by atoms with Gasteiger partial charge in [-0.05, 0) is 18.8 Å². The number of hydrogen-bond acceptors (Lipinski definition) is 0. The van der Waals surface area contributed by atoms with E-state index in [-0.39, 0.29) is 6.53 Å². The molecule has 0 aromatic carbocycles. The highest BCUT2D eigenvalue weighted by Crippen LogP contribution is 2.23. The fourth-order valence-electron chi connectivity index (χ4n) is 1.30. The second-order valence-corrected chi connectivity index (χ2v) is 2.56. The third kappa shape index (κ3) is 1.36. The molecule has 8 heavy (non-hydrogen) atoms. The summed E-state index contributed by atoms with van der Waals surface area (Å²) in [5.74, 6) is 0.541. The summed E-state index contributed by atoms with van der Waals surface area (Å²) in [4.78, 5) is 0. The first-order valence-corrected chi connectivity index (χ1v) is 3.44. The lowest BCUT2D eigenvalue weighted by Crippen LogP contribution is -2.01. The second kappa shape index (κ2) is 2.91. The van der Waals surface area contributed by atoms with Crippen LogP contribution in [-0.4, -0.2) is 0 Å². The Labute approximate surface area is 54.4 Å². The van der Waals surface area contributed by atoms with Gasteiger partial charge in [-0.2, -0.15) is 0 Å². The summed E-state index contributed by atoms with van der Waals surface area (Å²) in [7, 11) is 0. The molecule has 0 atom stereocenters. The highest BCUT2D eigenvalue weighted by atomic mass is 14.1. The zero-order chi connectivity index (χ0) is 7.40. The molecule has 1 aliphatic carbocycles. The van der Waals surface area contributed by atoms with Crippen LogP contribution >= 0.6 is 0 Å². The molecule has 0 radical (unpaired) electrons. The molecule has 1 fully saturated rings. The van der Waals surface area contributed by atoms with Crippen molar-refractivity contribution in [2.24, 2.45) is 5.92 Å².